The van der Waals surface area contributed by atoms with E-state index in [2.05, 4.69) is 15.6 Å². The van der Waals surface area contributed by atoms with Gasteiger partial charge >= 0.3 is 5.97 Å². The lowest BCUT2D eigenvalue weighted by Crippen LogP contribution is -2.55. The SMILES string of the molecule is CCC(C)C(NC(=O)Cc1cc2ccccc2[nH]1)C(=O)N[C@H]1CCc2ccn3c2C1C(=O)C[C@H](C(=O)O)C3. The van der Waals surface area contributed by atoms with E-state index in [1.807, 2.05) is 61.0 Å². The van der Waals surface area contributed by atoms with Gasteiger partial charge in [-0.05, 0) is 47.9 Å². The van der Waals surface area contributed by atoms with Gasteiger partial charge in [-0.3, -0.25) is 19.2 Å². The summed E-state index contributed by atoms with van der Waals surface area (Å²) in [6.07, 6.45) is 3.85. The average molecular weight is 519 g/mol. The van der Waals surface area contributed by atoms with Gasteiger partial charge in [-0.1, -0.05) is 38.5 Å². The summed E-state index contributed by atoms with van der Waals surface area (Å²) in [6, 6.07) is 10.5. The van der Waals surface area contributed by atoms with Gasteiger partial charge in [0.05, 0.1) is 18.3 Å². The van der Waals surface area contributed by atoms with Gasteiger partial charge in [-0.15, -0.1) is 0 Å². The predicted octanol–water partition coefficient (Wildman–Crippen LogP) is 2.93. The minimum absolute atomic E-state index is 0.0660. The molecule has 2 aliphatic rings. The Hall–Kier alpha value is -3.88. The molecule has 38 heavy (non-hydrogen) atoms. The van der Waals surface area contributed by atoms with Gasteiger partial charge in [-0.25, -0.2) is 0 Å². The number of nitrogens with one attached hydrogen (secondary N) is 3. The molecule has 0 bridgehead atoms. The van der Waals surface area contributed by atoms with Crippen LogP contribution in [0.1, 0.15) is 56.0 Å². The van der Waals surface area contributed by atoms with Gasteiger partial charge in [0.15, 0.2) is 0 Å². The quantitative estimate of drug-likeness (QED) is 0.364. The van der Waals surface area contributed by atoms with Crippen LogP contribution in [-0.2, 0) is 38.6 Å². The molecule has 2 amide bonds. The smallest absolute Gasteiger partial charge is 0.308 e. The second kappa shape index (κ2) is 10.5. The topological polar surface area (TPSA) is 133 Å². The number of aromatic amines is 1. The average Bonchev–Trinajstić information content (AvgIpc) is 3.45. The van der Waals surface area contributed by atoms with E-state index in [-0.39, 0.29) is 42.9 Å². The van der Waals surface area contributed by atoms with E-state index in [1.165, 1.54) is 0 Å². The first-order valence-corrected chi connectivity index (χ1v) is 13.3. The van der Waals surface area contributed by atoms with Crippen LogP contribution in [0.2, 0.25) is 0 Å². The van der Waals surface area contributed by atoms with Crippen molar-refractivity contribution in [1.82, 2.24) is 20.2 Å². The molecule has 4 N–H and O–H groups in total. The van der Waals surface area contributed by atoms with E-state index < -0.39 is 29.9 Å². The first kappa shape index (κ1) is 25.8. The molecule has 3 unspecified atom stereocenters. The number of carbonyl (C=O) groups excluding carboxylic acids is 3. The zero-order chi connectivity index (χ0) is 27.0. The van der Waals surface area contributed by atoms with Crippen molar-refractivity contribution >= 4 is 34.5 Å². The Labute approximate surface area is 221 Å². The molecular formula is C29H34N4O5. The summed E-state index contributed by atoms with van der Waals surface area (Å²) in [7, 11) is 0. The number of H-pyrrole nitrogens is 1. The minimum atomic E-state index is -0.991. The maximum absolute atomic E-state index is 13.6. The number of ketones is 1. The fraction of sp³-hybridized carbons (Fsp3) is 0.448. The number of para-hydroxylation sites is 1. The predicted molar refractivity (Wildman–Crippen MR) is 142 cm³/mol. The lowest BCUT2D eigenvalue weighted by Gasteiger charge is -2.34. The molecule has 2 aromatic heterocycles. The Morgan fingerprint density at radius 2 is 2.00 bits per heavy atom. The third-order valence-electron chi connectivity index (χ3n) is 8.15. The molecule has 9 nitrogen and oxygen atoms in total. The summed E-state index contributed by atoms with van der Waals surface area (Å²) in [5.41, 5.74) is 3.57. The van der Waals surface area contributed by atoms with Crippen LogP contribution >= 0.6 is 0 Å². The monoisotopic (exact) mass is 518 g/mol. The molecule has 200 valence electrons. The Bertz CT molecular complexity index is 1360. The normalized spacial score (nSPS) is 22.3. The van der Waals surface area contributed by atoms with E-state index in [1.54, 1.807) is 0 Å². The molecule has 0 spiro atoms. The molecular weight excluding hydrogens is 484 g/mol. The van der Waals surface area contributed by atoms with Crippen molar-refractivity contribution in [2.75, 3.05) is 0 Å². The molecule has 0 saturated carbocycles. The zero-order valence-electron chi connectivity index (χ0n) is 21.7. The van der Waals surface area contributed by atoms with Crippen LogP contribution in [0.5, 0.6) is 0 Å². The molecule has 1 aliphatic carbocycles. The van der Waals surface area contributed by atoms with Gasteiger partial charge in [0.1, 0.15) is 11.8 Å². The largest absolute Gasteiger partial charge is 0.481 e. The second-order valence-corrected chi connectivity index (χ2v) is 10.7. The van der Waals surface area contributed by atoms with Gasteiger partial charge < -0.3 is 25.3 Å². The van der Waals surface area contributed by atoms with Gasteiger partial charge in [0, 0.05) is 42.1 Å². The number of Topliss-reactive ketones (excluding diaryl/α,β-unsaturated/α-hetero) is 1. The number of nitrogens with zero attached hydrogens (tertiary/aromatic N) is 1. The number of hydrogen-bond donors (Lipinski definition) is 4. The van der Waals surface area contributed by atoms with E-state index >= 15 is 0 Å². The lowest BCUT2D eigenvalue weighted by molar-refractivity contribution is -0.144. The Morgan fingerprint density at radius 1 is 1.21 bits per heavy atom. The van der Waals surface area contributed by atoms with Crippen LogP contribution in [0.25, 0.3) is 10.9 Å². The minimum Gasteiger partial charge on any atom is -0.481 e. The maximum atomic E-state index is 13.6. The molecule has 3 aromatic rings. The molecule has 1 aliphatic heterocycles. The maximum Gasteiger partial charge on any atom is 0.308 e. The summed E-state index contributed by atoms with van der Waals surface area (Å²) in [4.78, 5) is 54.9. The van der Waals surface area contributed by atoms with Crippen molar-refractivity contribution in [1.29, 1.82) is 0 Å². The van der Waals surface area contributed by atoms with E-state index in [0.717, 1.165) is 27.9 Å². The van der Waals surface area contributed by atoms with E-state index in [4.69, 9.17) is 0 Å². The Morgan fingerprint density at radius 3 is 2.74 bits per heavy atom. The highest BCUT2D eigenvalue weighted by atomic mass is 16.4. The number of aliphatic carboxylic acids is 1. The fourth-order valence-electron chi connectivity index (χ4n) is 5.92. The summed E-state index contributed by atoms with van der Waals surface area (Å²) >= 11 is 0. The number of rotatable bonds is 8. The number of aromatic nitrogens is 2. The molecule has 1 aromatic carbocycles. The summed E-state index contributed by atoms with van der Waals surface area (Å²) in [6.45, 7) is 4.13. The summed E-state index contributed by atoms with van der Waals surface area (Å²) < 4.78 is 1.87. The van der Waals surface area contributed by atoms with Crippen LogP contribution in [0.4, 0.5) is 0 Å². The van der Waals surface area contributed by atoms with Crippen molar-refractivity contribution in [3.63, 3.8) is 0 Å². The first-order valence-electron chi connectivity index (χ1n) is 13.3. The molecule has 5 rings (SSSR count). The van der Waals surface area contributed by atoms with Crippen molar-refractivity contribution < 1.29 is 24.3 Å². The van der Waals surface area contributed by atoms with Crippen molar-refractivity contribution in [2.45, 2.75) is 70.5 Å². The molecule has 0 radical (unpaired) electrons. The molecule has 0 fully saturated rings. The summed E-state index contributed by atoms with van der Waals surface area (Å²) in [5, 5.41) is 16.6. The Kier molecular flexibility index (Phi) is 7.10. The highest BCUT2D eigenvalue weighted by Crippen LogP contribution is 2.38. The fourth-order valence-corrected chi connectivity index (χ4v) is 5.92. The number of carboxylic acid groups (broad SMARTS) is 1. The van der Waals surface area contributed by atoms with Crippen LogP contribution in [-0.4, -0.2) is 50.3 Å². The number of hydrogen-bond acceptors (Lipinski definition) is 4. The van der Waals surface area contributed by atoms with Crippen LogP contribution < -0.4 is 10.6 Å². The number of benzene rings is 1. The first-order chi connectivity index (χ1) is 18.2. The summed E-state index contributed by atoms with van der Waals surface area (Å²) in [5.74, 6) is -3.24. The van der Waals surface area contributed by atoms with Crippen LogP contribution in [0, 0.1) is 11.8 Å². The van der Waals surface area contributed by atoms with E-state index in [0.29, 0.717) is 19.3 Å². The van der Waals surface area contributed by atoms with Crippen molar-refractivity contribution in [3.05, 3.63) is 59.5 Å². The van der Waals surface area contributed by atoms with Crippen molar-refractivity contribution in [3.8, 4) is 0 Å². The molecule has 0 saturated heterocycles. The number of amides is 2. The molecule has 9 heteroatoms. The third-order valence-corrected chi connectivity index (χ3v) is 8.15. The lowest BCUT2D eigenvalue weighted by atomic mass is 9.79. The molecule has 3 heterocycles. The number of carboxylic acids is 1. The van der Waals surface area contributed by atoms with Crippen molar-refractivity contribution in [2.24, 2.45) is 11.8 Å². The second-order valence-electron chi connectivity index (χ2n) is 10.7. The van der Waals surface area contributed by atoms with Gasteiger partial charge in [0.2, 0.25) is 11.8 Å². The third kappa shape index (κ3) is 4.97. The van der Waals surface area contributed by atoms with Gasteiger partial charge in [-0.2, -0.15) is 0 Å². The highest BCUT2D eigenvalue weighted by Gasteiger charge is 2.43. The number of aryl methyl sites for hydroxylation is 1. The van der Waals surface area contributed by atoms with Gasteiger partial charge in [0.25, 0.3) is 0 Å². The Balaban J connectivity index is 1.32. The number of fused-ring (bicyclic) bond motifs is 1. The highest BCUT2D eigenvalue weighted by molar-refractivity contribution is 5.93. The van der Waals surface area contributed by atoms with Crippen LogP contribution in [0.15, 0.2) is 42.6 Å². The zero-order valence-corrected chi connectivity index (χ0v) is 21.7. The molecule has 5 atom stereocenters. The standard InChI is InChI=1S/C29H34N4O5/c1-3-16(2)26(32-24(35)14-20-12-18-6-4-5-7-21(18)30-20)28(36)31-22-9-8-17-10-11-33-15-19(29(37)38)13-23(34)25(22)27(17)33/h4-7,10-12,16,19,22,25-26,30H,3,8-9,13-15H2,1-2H3,(H,31,36)(H,32,35)(H,37,38)/t16?,19-,22-,25?,26?/m0/s1. The van der Waals surface area contributed by atoms with Crippen LogP contribution in [0.3, 0.4) is 0 Å². The number of carbonyl (C=O) groups is 4. The van der Waals surface area contributed by atoms with E-state index in [9.17, 15) is 24.3 Å².